The first-order valence-electron chi connectivity index (χ1n) is 7.49. The van der Waals surface area contributed by atoms with E-state index in [9.17, 15) is 0 Å². The standard InChI is InChI=1S/C17H24N2O/c1-14-10-15(11-18)6-7-16(14)12-20-13-17(19)8-4-2-3-5-9-17/h6-7,10H,2-5,8-9,12-13,19H2,1H3. The molecule has 0 aliphatic heterocycles. The predicted octanol–water partition coefficient (Wildman–Crippen LogP) is 3.44. The third-order valence-electron chi connectivity index (χ3n) is 4.22. The van der Waals surface area contributed by atoms with Crippen LogP contribution in [0.15, 0.2) is 18.2 Å². The lowest BCUT2D eigenvalue weighted by Gasteiger charge is -2.27. The van der Waals surface area contributed by atoms with Crippen LogP contribution < -0.4 is 5.73 Å². The Hall–Kier alpha value is -1.37. The molecule has 2 N–H and O–H groups in total. The lowest BCUT2D eigenvalue weighted by atomic mass is 9.92. The normalized spacial score (nSPS) is 18.2. The number of rotatable bonds is 4. The molecule has 1 aliphatic rings. The van der Waals surface area contributed by atoms with E-state index in [1.165, 1.54) is 25.7 Å². The summed E-state index contributed by atoms with van der Waals surface area (Å²) in [4.78, 5) is 0. The van der Waals surface area contributed by atoms with Crippen molar-refractivity contribution in [3.05, 3.63) is 34.9 Å². The van der Waals surface area contributed by atoms with Crippen LogP contribution in [0.1, 0.15) is 55.2 Å². The van der Waals surface area contributed by atoms with Crippen molar-refractivity contribution in [3.8, 4) is 6.07 Å². The molecule has 1 aromatic carbocycles. The summed E-state index contributed by atoms with van der Waals surface area (Å²) in [7, 11) is 0. The van der Waals surface area contributed by atoms with Gasteiger partial charge >= 0.3 is 0 Å². The van der Waals surface area contributed by atoms with Gasteiger partial charge in [0.05, 0.1) is 24.8 Å². The molecule has 2 rings (SSSR count). The molecule has 0 radical (unpaired) electrons. The van der Waals surface area contributed by atoms with Gasteiger partial charge in [-0.2, -0.15) is 5.26 Å². The van der Waals surface area contributed by atoms with Gasteiger partial charge in [0.1, 0.15) is 0 Å². The van der Waals surface area contributed by atoms with Crippen LogP contribution in [0, 0.1) is 18.3 Å². The van der Waals surface area contributed by atoms with Crippen LogP contribution >= 0.6 is 0 Å². The van der Waals surface area contributed by atoms with Crippen LogP contribution in [-0.2, 0) is 11.3 Å². The molecule has 0 atom stereocenters. The predicted molar refractivity (Wildman–Crippen MR) is 80.2 cm³/mol. The lowest BCUT2D eigenvalue weighted by Crippen LogP contribution is -2.43. The number of ether oxygens (including phenoxy) is 1. The van der Waals surface area contributed by atoms with E-state index < -0.39 is 0 Å². The highest BCUT2D eigenvalue weighted by Crippen LogP contribution is 2.25. The van der Waals surface area contributed by atoms with E-state index in [4.69, 9.17) is 15.7 Å². The zero-order chi connectivity index (χ0) is 14.4. The van der Waals surface area contributed by atoms with E-state index in [1.807, 2.05) is 25.1 Å². The first-order chi connectivity index (χ1) is 9.63. The number of benzene rings is 1. The Morgan fingerprint density at radius 2 is 1.95 bits per heavy atom. The molecule has 1 aliphatic carbocycles. The van der Waals surface area contributed by atoms with Crippen molar-refractivity contribution in [1.82, 2.24) is 0 Å². The highest BCUT2D eigenvalue weighted by atomic mass is 16.5. The van der Waals surface area contributed by atoms with Crippen LogP contribution in [0.5, 0.6) is 0 Å². The minimum absolute atomic E-state index is 0.142. The largest absolute Gasteiger partial charge is 0.375 e. The zero-order valence-electron chi connectivity index (χ0n) is 12.3. The first-order valence-corrected chi connectivity index (χ1v) is 7.49. The molecule has 1 fully saturated rings. The fourth-order valence-electron chi connectivity index (χ4n) is 2.87. The number of nitrogens with zero attached hydrogens (tertiary/aromatic N) is 1. The minimum atomic E-state index is -0.142. The maximum Gasteiger partial charge on any atom is 0.0991 e. The van der Waals surface area contributed by atoms with E-state index in [2.05, 4.69) is 6.07 Å². The minimum Gasteiger partial charge on any atom is -0.375 e. The Bertz CT molecular complexity index is 482. The second-order valence-electron chi connectivity index (χ2n) is 6.02. The van der Waals surface area contributed by atoms with Crippen LogP contribution in [0.2, 0.25) is 0 Å². The monoisotopic (exact) mass is 272 g/mol. The van der Waals surface area contributed by atoms with Crippen LogP contribution in [0.25, 0.3) is 0 Å². The summed E-state index contributed by atoms with van der Waals surface area (Å²) < 4.78 is 5.86. The fraction of sp³-hybridized carbons (Fsp3) is 0.588. The second kappa shape index (κ2) is 6.88. The number of nitrogens with two attached hydrogens (primary N) is 1. The highest BCUT2D eigenvalue weighted by Gasteiger charge is 2.26. The lowest BCUT2D eigenvalue weighted by molar-refractivity contribution is 0.0664. The van der Waals surface area contributed by atoms with Crippen molar-refractivity contribution in [2.75, 3.05) is 6.61 Å². The Morgan fingerprint density at radius 3 is 2.55 bits per heavy atom. The van der Waals surface area contributed by atoms with Crippen molar-refractivity contribution in [1.29, 1.82) is 5.26 Å². The summed E-state index contributed by atoms with van der Waals surface area (Å²) in [5.74, 6) is 0. The highest BCUT2D eigenvalue weighted by molar-refractivity contribution is 5.37. The summed E-state index contributed by atoms with van der Waals surface area (Å²) in [6.07, 6.45) is 7.17. The first kappa shape index (κ1) is 15.0. The van der Waals surface area contributed by atoms with Gasteiger partial charge in [-0.3, -0.25) is 0 Å². The Kier molecular flexibility index (Phi) is 5.17. The maximum absolute atomic E-state index is 8.86. The number of aryl methyl sites for hydroxylation is 1. The quantitative estimate of drug-likeness (QED) is 0.854. The van der Waals surface area contributed by atoms with Crippen LogP contribution in [-0.4, -0.2) is 12.1 Å². The van der Waals surface area contributed by atoms with Gasteiger partial charge in [0.2, 0.25) is 0 Å². The molecule has 0 heterocycles. The van der Waals surface area contributed by atoms with Crippen molar-refractivity contribution in [2.24, 2.45) is 5.73 Å². The van der Waals surface area contributed by atoms with E-state index in [1.54, 1.807) is 0 Å². The number of nitriles is 1. The van der Waals surface area contributed by atoms with E-state index in [0.29, 0.717) is 18.8 Å². The van der Waals surface area contributed by atoms with Gasteiger partial charge in [-0.15, -0.1) is 0 Å². The molecule has 1 saturated carbocycles. The fourth-order valence-corrected chi connectivity index (χ4v) is 2.87. The van der Waals surface area contributed by atoms with Gasteiger partial charge in [-0.05, 0) is 43.0 Å². The van der Waals surface area contributed by atoms with Gasteiger partial charge in [0.25, 0.3) is 0 Å². The molecular formula is C17H24N2O. The molecule has 3 nitrogen and oxygen atoms in total. The van der Waals surface area contributed by atoms with E-state index in [0.717, 1.165) is 24.0 Å². The maximum atomic E-state index is 8.86. The third kappa shape index (κ3) is 4.06. The second-order valence-corrected chi connectivity index (χ2v) is 6.02. The summed E-state index contributed by atoms with van der Waals surface area (Å²) in [5, 5.41) is 8.86. The number of hydrogen-bond acceptors (Lipinski definition) is 3. The molecule has 20 heavy (non-hydrogen) atoms. The van der Waals surface area contributed by atoms with Gasteiger partial charge in [0, 0.05) is 5.54 Å². The van der Waals surface area contributed by atoms with E-state index in [-0.39, 0.29) is 5.54 Å². The van der Waals surface area contributed by atoms with Gasteiger partial charge in [-0.25, -0.2) is 0 Å². The van der Waals surface area contributed by atoms with Crippen molar-refractivity contribution in [3.63, 3.8) is 0 Å². The van der Waals surface area contributed by atoms with Crippen LogP contribution in [0.3, 0.4) is 0 Å². The molecule has 108 valence electrons. The molecule has 0 unspecified atom stereocenters. The molecule has 0 amide bonds. The Morgan fingerprint density at radius 1 is 1.25 bits per heavy atom. The average molecular weight is 272 g/mol. The van der Waals surface area contributed by atoms with Crippen molar-refractivity contribution < 1.29 is 4.74 Å². The van der Waals surface area contributed by atoms with E-state index >= 15 is 0 Å². The van der Waals surface area contributed by atoms with Gasteiger partial charge in [-0.1, -0.05) is 31.7 Å². The Labute approximate surface area is 121 Å². The molecular weight excluding hydrogens is 248 g/mol. The third-order valence-corrected chi connectivity index (χ3v) is 4.22. The van der Waals surface area contributed by atoms with Crippen LogP contribution in [0.4, 0.5) is 0 Å². The average Bonchev–Trinajstić information content (AvgIpc) is 2.66. The molecule has 0 aromatic heterocycles. The summed E-state index contributed by atoms with van der Waals surface area (Å²) >= 11 is 0. The summed E-state index contributed by atoms with van der Waals surface area (Å²) in [6, 6.07) is 7.88. The van der Waals surface area contributed by atoms with Crippen molar-refractivity contribution in [2.45, 2.75) is 57.6 Å². The van der Waals surface area contributed by atoms with Crippen molar-refractivity contribution >= 4 is 0 Å². The Balaban J connectivity index is 1.87. The molecule has 1 aromatic rings. The molecule has 0 spiro atoms. The smallest absolute Gasteiger partial charge is 0.0991 e. The zero-order valence-corrected chi connectivity index (χ0v) is 12.3. The number of hydrogen-bond donors (Lipinski definition) is 1. The van der Waals surface area contributed by atoms with Gasteiger partial charge in [0.15, 0.2) is 0 Å². The summed E-state index contributed by atoms with van der Waals surface area (Å²) in [5.41, 5.74) is 9.24. The topological polar surface area (TPSA) is 59.0 Å². The molecule has 0 bridgehead atoms. The molecule has 3 heteroatoms. The SMILES string of the molecule is Cc1cc(C#N)ccc1COCC1(N)CCCCCC1. The molecule has 0 saturated heterocycles. The van der Waals surface area contributed by atoms with Gasteiger partial charge < -0.3 is 10.5 Å². The summed E-state index contributed by atoms with van der Waals surface area (Å²) in [6.45, 7) is 3.23.